The standard InChI is InChI=1S/C28H25N3O3/c32-26(31-24-18-10-11-19-25(24)34-23-16-8-3-9-17-23)20-29-27(21-12-4-1-5-13-21)28(33)30-22-14-6-2-7-15-22/h1-19,27,29H,20H2,(H,30,33)(H,31,32). The van der Waals surface area contributed by atoms with Crippen LogP contribution >= 0.6 is 0 Å². The maximum Gasteiger partial charge on any atom is 0.246 e. The molecule has 0 aromatic heterocycles. The van der Waals surface area contributed by atoms with E-state index in [1.165, 1.54) is 0 Å². The average Bonchev–Trinajstić information content (AvgIpc) is 2.87. The van der Waals surface area contributed by atoms with Crippen LogP contribution in [-0.4, -0.2) is 18.4 Å². The molecule has 170 valence electrons. The summed E-state index contributed by atoms with van der Waals surface area (Å²) in [6.45, 7) is -0.0680. The number of nitrogens with one attached hydrogen (secondary N) is 3. The van der Waals surface area contributed by atoms with E-state index in [2.05, 4.69) is 16.0 Å². The number of hydrogen-bond acceptors (Lipinski definition) is 4. The van der Waals surface area contributed by atoms with Crippen molar-refractivity contribution in [3.05, 3.63) is 121 Å². The zero-order valence-corrected chi connectivity index (χ0v) is 18.5. The topological polar surface area (TPSA) is 79.5 Å². The Kier molecular flexibility index (Phi) is 7.66. The van der Waals surface area contributed by atoms with E-state index in [4.69, 9.17) is 4.74 Å². The molecule has 0 aliphatic rings. The quantitative estimate of drug-likeness (QED) is 0.319. The minimum Gasteiger partial charge on any atom is -0.455 e. The van der Waals surface area contributed by atoms with Crippen molar-refractivity contribution >= 4 is 23.2 Å². The number of rotatable bonds is 9. The zero-order chi connectivity index (χ0) is 23.6. The largest absolute Gasteiger partial charge is 0.455 e. The number of carbonyl (C=O) groups excluding carboxylic acids is 2. The van der Waals surface area contributed by atoms with Crippen molar-refractivity contribution in [1.82, 2.24) is 5.32 Å². The van der Waals surface area contributed by atoms with E-state index >= 15 is 0 Å². The summed E-state index contributed by atoms with van der Waals surface area (Å²) in [4.78, 5) is 25.8. The van der Waals surface area contributed by atoms with E-state index in [0.717, 1.165) is 5.56 Å². The molecule has 1 unspecified atom stereocenters. The summed E-state index contributed by atoms with van der Waals surface area (Å²) in [6.07, 6.45) is 0. The lowest BCUT2D eigenvalue weighted by Gasteiger charge is -2.19. The molecule has 0 radical (unpaired) electrons. The molecule has 1 atom stereocenters. The summed E-state index contributed by atoms with van der Waals surface area (Å²) < 4.78 is 5.91. The second-order valence-corrected chi connectivity index (χ2v) is 7.54. The van der Waals surface area contributed by atoms with E-state index in [9.17, 15) is 9.59 Å². The van der Waals surface area contributed by atoms with Crippen LogP contribution in [0.25, 0.3) is 0 Å². The molecule has 34 heavy (non-hydrogen) atoms. The van der Waals surface area contributed by atoms with E-state index < -0.39 is 6.04 Å². The second kappa shape index (κ2) is 11.4. The highest BCUT2D eigenvalue weighted by atomic mass is 16.5. The Hall–Kier alpha value is -4.42. The first-order valence-corrected chi connectivity index (χ1v) is 10.9. The van der Waals surface area contributed by atoms with Gasteiger partial charge in [0, 0.05) is 5.69 Å². The summed E-state index contributed by atoms with van der Waals surface area (Å²) in [5, 5.41) is 8.85. The summed E-state index contributed by atoms with van der Waals surface area (Å²) in [7, 11) is 0. The molecule has 2 amide bonds. The van der Waals surface area contributed by atoms with E-state index in [0.29, 0.717) is 22.9 Å². The van der Waals surface area contributed by atoms with Crippen LogP contribution in [0.5, 0.6) is 11.5 Å². The highest BCUT2D eigenvalue weighted by Crippen LogP contribution is 2.29. The number of anilines is 2. The molecule has 0 heterocycles. The Balaban J connectivity index is 1.43. The molecule has 3 N–H and O–H groups in total. The van der Waals surface area contributed by atoms with Crippen molar-refractivity contribution in [3.8, 4) is 11.5 Å². The molecule has 0 aliphatic heterocycles. The second-order valence-electron chi connectivity index (χ2n) is 7.54. The molecule has 6 heteroatoms. The smallest absolute Gasteiger partial charge is 0.246 e. The zero-order valence-electron chi connectivity index (χ0n) is 18.5. The van der Waals surface area contributed by atoms with Gasteiger partial charge in [-0.05, 0) is 42.0 Å². The Morgan fingerprint density at radius 2 is 1.26 bits per heavy atom. The molecule has 0 bridgehead atoms. The maximum atomic E-state index is 13.0. The van der Waals surface area contributed by atoms with Gasteiger partial charge in [0.15, 0.2) is 5.75 Å². The Bertz CT molecular complexity index is 1220. The number of hydrogen-bond donors (Lipinski definition) is 3. The van der Waals surface area contributed by atoms with Gasteiger partial charge in [-0.2, -0.15) is 0 Å². The third kappa shape index (κ3) is 6.31. The van der Waals surface area contributed by atoms with Gasteiger partial charge in [-0.25, -0.2) is 0 Å². The molecule has 4 rings (SSSR count). The minimum atomic E-state index is -0.706. The number of carbonyl (C=O) groups is 2. The van der Waals surface area contributed by atoms with Crippen molar-refractivity contribution in [1.29, 1.82) is 0 Å². The molecule has 0 fully saturated rings. The van der Waals surface area contributed by atoms with Crippen LogP contribution in [0.15, 0.2) is 115 Å². The van der Waals surface area contributed by atoms with Gasteiger partial charge in [-0.1, -0.05) is 78.9 Å². The fourth-order valence-corrected chi connectivity index (χ4v) is 3.41. The lowest BCUT2D eigenvalue weighted by Crippen LogP contribution is -2.37. The van der Waals surface area contributed by atoms with Gasteiger partial charge >= 0.3 is 0 Å². The highest BCUT2D eigenvalue weighted by Gasteiger charge is 2.21. The first kappa shape index (κ1) is 22.8. The van der Waals surface area contributed by atoms with Crippen LogP contribution < -0.4 is 20.7 Å². The van der Waals surface area contributed by atoms with E-state index in [1.54, 1.807) is 12.1 Å². The first-order valence-electron chi connectivity index (χ1n) is 10.9. The van der Waals surface area contributed by atoms with Crippen LogP contribution in [0.3, 0.4) is 0 Å². The van der Waals surface area contributed by atoms with Gasteiger partial charge in [-0.3, -0.25) is 14.9 Å². The number of para-hydroxylation sites is 4. The van der Waals surface area contributed by atoms with Crippen molar-refractivity contribution in [2.45, 2.75) is 6.04 Å². The highest BCUT2D eigenvalue weighted by molar-refractivity contribution is 5.97. The van der Waals surface area contributed by atoms with Crippen LogP contribution in [0, 0.1) is 0 Å². The Morgan fingerprint density at radius 3 is 1.97 bits per heavy atom. The van der Waals surface area contributed by atoms with Gasteiger partial charge < -0.3 is 15.4 Å². The van der Waals surface area contributed by atoms with E-state index in [1.807, 2.05) is 103 Å². The normalized spacial score (nSPS) is 11.3. The maximum absolute atomic E-state index is 13.0. The van der Waals surface area contributed by atoms with Gasteiger partial charge in [-0.15, -0.1) is 0 Å². The SMILES string of the molecule is O=C(CNC(C(=O)Nc1ccccc1)c1ccccc1)Nc1ccccc1Oc1ccccc1. The van der Waals surface area contributed by atoms with Crippen LogP contribution in [0.2, 0.25) is 0 Å². The molecule has 0 saturated heterocycles. The molecule has 4 aromatic rings. The molecule has 0 aliphatic carbocycles. The fourth-order valence-electron chi connectivity index (χ4n) is 3.41. The molecule has 0 saturated carbocycles. The third-order valence-corrected chi connectivity index (χ3v) is 5.04. The number of ether oxygens (including phenoxy) is 1. The lowest BCUT2D eigenvalue weighted by molar-refractivity contribution is -0.119. The van der Waals surface area contributed by atoms with Crippen molar-refractivity contribution < 1.29 is 14.3 Å². The first-order chi connectivity index (χ1) is 16.7. The predicted molar refractivity (Wildman–Crippen MR) is 134 cm³/mol. The Morgan fingerprint density at radius 1 is 0.676 bits per heavy atom. The van der Waals surface area contributed by atoms with Gasteiger partial charge in [0.25, 0.3) is 0 Å². The summed E-state index contributed by atoms with van der Waals surface area (Å²) in [5.74, 6) is 0.656. The lowest BCUT2D eigenvalue weighted by atomic mass is 10.1. The summed E-state index contributed by atoms with van der Waals surface area (Å²) >= 11 is 0. The minimum absolute atomic E-state index is 0.0680. The number of amides is 2. The summed E-state index contributed by atoms with van der Waals surface area (Å²) in [6, 6.07) is 34.4. The van der Waals surface area contributed by atoms with Crippen molar-refractivity contribution in [2.75, 3.05) is 17.2 Å². The third-order valence-electron chi connectivity index (χ3n) is 5.04. The van der Waals surface area contributed by atoms with Gasteiger partial charge in [0.05, 0.1) is 12.2 Å². The summed E-state index contributed by atoms with van der Waals surface area (Å²) in [5.41, 5.74) is 1.99. The fraction of sp³-hybridized carbons (Fsp3) is 0.0714. The molecular weight excluding hydrogens is 426 g/mol. The van der Waals surface area contributed by atoms with Crippen LogP contribution in [0.4, 0.5) is 11.4 Å². The van der Waals surface area contributed by atoms with E-state index in [-0.39, 0.29) is 18.4 Å². The molecule has 0 spiro atoms. The average molecular weight is 452 g/mol. The molecule has 6 nitrogen and oxygen atoms in total. The van der Waals surface area contributed by atoms with Crippen molar-refractivity contribution in [3.63, 3.8) is 0 Å². The Labute approximate surface area is 198 Å². The van der Waals surface area contributed by atoms with Crippen LogP contribution in [-0.2, 0) is 9.59 Å². The van der Waals surface area contributed by atoms with Gasteiger partial charge in [0.2, 0.25) is 11.8 Å². The monoisotopic (exact) mass is 451 g/mol. The molecular formula is C28H25N3O3. The predicted octanol–water partition coefficient (Wildman–Crippen LogP) is 5.39. The number of benzene rings is 4. The van der Waals surface area contributed by atoms with Crippen molar-refractivity contribution in [2.24, 2.45) is 0 Å². The van der Waals surface area contributed by atoms with Gasteiger partial charge in [0.1, 0.15) is 11.8 Å². The molecule has 4 aromatic carbocycles. The van der Waals surface area contributed by atoms with Crippen LogP contribution in [0.1, 0.15) is 11.6 Å².